The first kappa shape index (κ1) is 12.8. The van der Waals surface area contributed by atoms with Crippen LogP contribution < -0.4 is 58.2 Å². The van der Waals surface area contributed by atoms with Crippen molar-refractivity contribution in [3.63, 3.8) is 0 Å². The third-order valence-electron chi connectivity index (χ3n) is 0. The van der Waals surface area contributed by atoms with Crippen molar-refractivity contribution < 1.29 is 75.1 Å². The van der Waals surface area contributed by atoms with E-state index in [1.54, 1.807) is 0 Å². The van der Waals surface area contributed by atoms with Crippen LogP contribution in [0, 0.1) is 0 Å². The molecule has 0 nitrogen and oxygen atoms in total. The van der Waals surface area contributed by atoms with Gasteiger partial charge in [-0.1, -0.05) is 0 Å². The molecule has 8 heteroatoms. The van der Waals surface area contributed by atoms with Crippen molar-refractivity contribution in [3.8, 4) is 0 Å². The molecule has 0 aliphatic rings. The molecule has 0 amide bonds. The minimum absolute atomic E-state index is 0. The molecule has 0 aromatic rings. The number of hydrogen-bond donors (Lipinski definition) is 0. The summed E-state index contributed by atoms with van der Waals surface area (Å²) in [5.74, 6) is 0. The molecule has 0 atom stereocenters. The van der Waals surface area contributed by atoms with Crippen LogP contribution in [-0.4, -0.2) is 19.5 Å². The standard InChI is InChI=1S/6FH.Rb.Sb/h6*1H;;/q;;;;;;+1;+5/p-6. The van der Waals surface area contributed by atoms with Crippen LogP contribution in [0.15, 0.2) is 0 Å². The van der Waals surface area contributed by atoms with Crippen LogP contribution in [-0.2, 0) is 0 Å². The average molecular weight is 321 g/mol. The second kappa shape index (κ2) is 2.09. The molecule has 0 saturated heterocycles. The maximum Gasteiger partial charge on any atom is 1.00 e. The van der Waals surface area contributed by atoms with Crippen molar-refractivity contribution >= 4 is 19.5 Å². The Morgan fingerprint density at radius 2 is 0.625 bits per heavy atom. The average Bonchev–Trinajstić information content (AvgIpc) is 0.592. The number of rotatable bonds is 0. The van der Waals surface area contributed by atoms with E-state index in [1.165, 1.54) is 0 Å². The molecule has 0 bridgehead atoms. The number of hydrogen-bond acceptors (Lipinski definition) is 0. The molecule has 0 unspecified atom stereocenters. The van der Waals surface area contributed by atoms with E-state index in [9.17, 15) is 16.9 Å². The fraction of sp³-hybridized carbons (Fsp3) is 0. The summed E-state index contributed by atoms with van der Waals surface area (Å²) in [5, 5.41) is 0. The van der Waals surface area contributed by atoms with Crippen molar-refractivity contribution in [1.82, 2.24) is 0 Å². The first-order chi connectivity index (χ1) is 2.45. The number of halogens is 6. The minimum atomic E-state index is -11.2. The molecule has 0 saturated carbocycles. The van der Waals surface area contributed by atoms with E-state index in [-0.39, 0.29) is 58.2 Å². The predicted octanol–water partition coefficient (Wildman–Crippen LogP) is -0.856. The van der Waals surface area contributed by atoms with Crippen LogP contribution in [0.5, 0.6) is 0 Å². The summed E-state index contributed by atoms with van der Waals surface area (Å²) in [4.78, 5) is 0. The Balaban J connectivity index is 0. The summed E-state index contributed by atoms with van der Waals surface area (Å²) < 4.78 is 59.6. The van der Waals surface area contributed by atoms with Gasteiger partial charge in [0.05, 0.1) is 0 Å². The largest absolute Gasteiger partial charge is 1.00 e. The quantitative estimate of drug-likeness (QED) is 0.403. The Bertz CT molecular complexity index is 67.1. The molecule has 0 heterocycles. The monoisotopic (exact) mass is 320 g/mol. The van der Waals surface area contributed by atoms with E-state index in [0.717, 1.165) is 0 Å². The van der Waals surface area contributed by atoms with Gasteiger partial charge in [-0.15, -0.1) is 0 Å². The summed E-state index contributed by atoms with van der Waals surface area (Å²) in [6, 6.07) is 0. The molecular weight excluding hydrogens is 321 g/mol. The third kappa shape index (κ3) is 87.7. The molecule has 0 aromatic heterocycles. The first-order valence-corrected chi connectivity index (χ1v) is 6.80. The van der Waals surface area contributed by atoms with Gasteiger partial charge in [0.2, 0.25) is 0 Å². The van der Waals surface area contributed by atoms with Gasteiger partial charge in [-0.25, -0.2) is 0 Å². The van der Waals surface area contributed by atoms with E-state index in [4.69, 9.17) is 0 Å². The smallest absolute Gasteiger partial charge is 1.00 e. The summed E-state index contributed by atoms with van der Waals surface area (Å²) in [7, 11) is 0. The van der Waals surface area contributed by atoms with Gasteiger partial charge in [0.1, 0.15) is 0 Å². The van der Waals surface area contributed by atoms with Crippen molar-refractivity contribution in [2.75, 3.05) is 0 Å². The Morgan fingerprint density at radius 1 is 0.625 bits per heavy atom. The van der Waals surface area contributed by atoms with Crippen LogP contribution >= 0.6 is 0 Å². The molecule has 8 heavy (non-hydrogen) atoms. The molecule has 0 radical (unpaired) electrons. The summed E-state index contributed by atoms with van der Waals surface area (Å²) in [5.41, 5.74) is 0. The van der Waals surface area contributed by atoms with Crippen LogP contribution in [0.25, 0.3) is 0 Å². The van der Waals surface area contributed by atoms with Crippen LogP contribution in [0.2, 0.25) is 0 Å². The zero-order chi connectivity index (χ0) is 6.41. The zero-order valence-corrected chi connectivity index (χ0v) is 11.2. The van der Waals surface area contributed by atoms with Gasteiger partial charge in [0.15, 0.2) is 0 Å². The molecule has 0 aliphatic heterocycles. The van der Waals surface area contributed by atoms with Gasteiger partial charge in [-0.2, -0.15) is 0 Å². The molecule has 0 fully saturated rings. The third-order valence-corrected chi connectivity index (χ3v) is 0. The predicted molar refractivity (Wildman–Crippen MR) is 12.4 cm³/mol. The van der Waals surface area contributed by atoms with Crippen LogP contribution in [0.4, 0.5) is 16.9 Å². The molecule has 0 aliphatic carbocycles. The molecule has 0 aromatic carbocycles. The van der Waals surface area contributed by atoms with Crippen molar-refractivity contribution in [2.45, 2.75) is 0 Å². The van der Waals surface area contributed by atoms with Gasteiger partial charge >= 0.3 is 94.5 Å². The fourth-order valence-corrected chi connectivity index (χ4v) is 0. The van der Waals surface area contributed by atoms with Gasteiger partial charge < -0.3 is 0 Å². The Hall–Kier alpha value is 2.20. The maximum absolute atomic E-state index is 11.2. The van der Waals surface area contributed by atoms with Crippen molar-refractivity contribution in [1.29, 1.82) is 0 Å². The summed E-state index contributed by atoms with van der Waals surface area (Å²) >= 11 is -11.2. The van der Waals surface area contributed by atoms with E-state index in [2.05, 4.69) is 0 Å². The molecule has 0 N–H and O–H groups in total. The second-order valence-electron chi connectivity index (χ2n) is 0.958. The molecule has 48 valence electrons. The first-order valence-electron chi connectivity index (χ1n) is 1.01. The summed E-state index contributed by atoms with van der Waals surface area (Å²) in [6.45, 7) is 0. The van der Waals surface area contributed by atoms with E-state index >= 15 is 0 Å². The SMILES string of the molecule is [F][Sb-]([F])([F])([F])([F])[F].[Rb+]. The van der Waals surface area contributed by atoms with E-state index in [1.807, 2.05) is 0 Å². The topological polar surface area (TPSA) is 0 Å². The fourth-order valence-electron chi connectivity index (χ4n) is 0. The summed E-state index contributed by atoms with van der Waals surface area (Å²) in [6.07, 6.45) is 0. The molecule has 0 rings (SSSR count). The van der Waals surface area contributed by atoms with Crippen LogP contribution in [0.1, 0.15) is 0 Å². The Kier molecular flexibility index (Phi) is 3.36. The van der Waals surface area contributed by atoms with Gasteiger partial charge in [-0.05, 0) is 0 Å². The Morgan fingerprint density at radius 3 is 0.625 bits per heavy atom. The maximum atomic E-state index is 9.93. The van der Waals surface area contributed by atoms with Crippen LogP contribution in [0.3, 0.4) is 0 Å². The van der Waals surface area contributed by atoms with E-state index in [0.29, 0.717) is 0 Å². The molecule has 0 spiro atoms. The normalized spacial score (nSPS) is 20.2. The zero-order valence-electron chi connectivity index (χ0n) is 3.72. The van der Waals surface area contributed by atoms with Gasteiger partial charge in [0.25, 0.3) is 0 Å². The molecular formula is F6RbSb. The van der Waals surface area contributed by atoms with Crippen molar-refractivity contribution in [3.05, 3.63) is 0 Å². The van der Waals surface area contributed by atoms with Gasteiger partial charge in [0, 0.05) is 0 Å². The van der Waals surface area contributed by atoms with Gasteiger partial charge in [-0.3, -0.25) is 0 Å². The van der Waals surface area contributed by atoms with Crippen molar-refractivity contribution in [2.24, 2.45) is 0 Å². The minimum Gasteiger partial charge on any atom is 1.00 e. The van der Waals surface area contributed by atoms with E-state index < -0.39 is 19.5 Å². The second-order valence-corrected chi connectivity index (χ2v) is 6.43. The Labute approximate surface area is 92.3 Å².